The molecule has 1 radical (unpaired) electrons. The summed E-state index contributed by atoms with van der Waals surface area (Å²) in [6.45, 7) is 0. The molecule has 0 saturated heterocycles. The maximum absolute atomic E-state index is 8.93. The molecule has 0 aliphatic carbocycles. The first-order valence-corrected chi connectivity index (χ1v) is 1.07. The third-order valence-electron chi connectivity index (χ3n) is 0.167. The van der Waals surface area contributed by atoms with Crippen LogP contribution in [0.1, 0.15) is 0 Å². The fourth-order valence-electron chi connectivity index (χ4n) is 0. The molecule has 0 aromatic heterocycles. The van der Waals surface area contributed by atoms with Crippen LogP contribution in [0.2, 0.25) is 0 Å². The van der Waals surface area contributed by atoms with Crippen molar-refractivity contribution in [1.29, 1.82) is 0 Å². The predicted molar refractivity (Wildman–Crippen MR) is 15.8 cm³/mol. The molecule has 0 atom stereocenters. The molecule has 0 unspecified atom stereocenters. The Morgan fingerprint density at radius 3 is 1.12 bits per heavy atom. The molecule has 0 heterocycles. The summed E-state index contributed by atoms with van der Waals surface area (Å²) < 4.78 is 0. The Labute approximate surface area is 98.5 Å². The van der Waals surface area contributed by atoms with Gasteiger partial charge >= 0.3 is 17.1 Å². The molecule has 0 spiro atoms. The van der Waals surface area contributed by atoms with E-state index in [9.17, 15) is 0 Å². The minimum atomic E-state index is -2.19. The summed E-state index contributed by atoms with van der Waals surface area (Å²) in [4.78, 5) is 17.9. The Bertz CT molecular complexity index is 80.0. The van der Waals surface area contributed by atoms with Crippen LogP contribution in [0.25, 0.3) is 0 Å². The van der Waals surface area contributed by atoms with Crippen LogP contribution in [0.15, 0.2) is 0 Å². The monoisotopic (exact) mass is 183 g/mol. The average molecular weight is 183 g/mol. The molecule has 4 nitrogen and oxygen atoms in total. The van der Waals surface area contributed by atoms with E-state index in [2.05, 4.69) is 0 Å². The molecule has 0 N–H and O–H groups in total. The van der Waals surface area contributed by atoms with E-state index in [-0.39, 0.29) is 68.5 Å². The van der Waals surface area contributed by atoms with E-state index in [4.69, 9.17) is 19.8 Å². The first-order chi connectivity index (χ1) is 2.64. The zero-order chi connectivity index (χ0) is 5.15. The number of carbonyl (C=O) groups excluding carboxylic acids is 2. The molecule has 0 aromatic rings. The molecule has 0 fully saturated rings. The van der Waals surface area contributed by atoms with Crippen LogP contribution < -0.4 is 10.2 Å². The number of carboxylic acids is 2. The minimum Gasteiger partial charge on any atom is -0.543 e. The molecule has 0 amide bonds. The van der Waals surface area contributed by atoms with Crippen LogP contribution >= 0.6 is 0 Å². The first-order valence-electron chi connectivity index (χ1n) is 1.07. The van der Waals surface area contributed by atoms with Gasteiger partial charge in [-0.3, -0.25) is 0 Å². The van der Waals surface area contributed by atoms with Gasteiger partial charge in [-0.05, 0) is 0 Å². The van der Waals surface area contributed by atoms with Gasteiger partial charge in [-0.15, -0.1) is 0 Å². The van der Waals surface area contributed by atoms with Crippen molar-refractivity contribution >= 4 is 63.3 Å². The van der Waals surface area contributed by atoms with E-state index in [1.807, 2.05) is 0 Å². The third kappa shape index (κ3) is 10.2. The van der Waals surface area contributed by atoms with Gasteiger partial charge in [0, 0.05) is 51.4 Å². The second-order valence-electron chi connectivity index (χ2n) is 0.575. The molecule has 41 valence electrons. The summed E-state index contributed by atoms with van der Waals surface area (Å²) in [5.41, 5.74) is 0. The summed E-state index contributed by atoms with van der Waals surface area (Å²) in [7, 11) is 0. The summed E-state index contributed by atoms with van der Waals surface area (Å²) in [6, 6.07) is 0. The molecule has 0 bridgehead atoms. The Hall–Kier alpha value is 1.10. The van der Waals surface area contributed by atoms with Crippen LogP contribution in [-0.4, -0.2) is 63.3 Å². The normalized spacial score (nSPS) is 5.50. The van der Waals surface area contributed by atoms with Crippen molar-refractivity contribution < 1.29 is 36.9 Å². The Kier molecular flexibility index (Phi) is 16.2. The third-order valence-corrected chi connectivity index (χ3v) is 0.167. The Balaban J connectivity index is -0.000000125. The molecular weight excluding hydrogens is 183 g/mol. The number of hydrogen-bond donors (Lipinski definition) is 0. The quantitative estimate of drug-likeness (QED) is 0.284. The van der Waals surface area contributed by atoms with Gasteiger partial charge in [-0.25, -0.2) is 0 Å². The molecular formula is C2FeKO4. The molecule has 6 heteroatoms. The minimum absolute atomic E-state index is 0. The Morgan fingerprint density at radius 2 is 1.12 bits per heavy atom. The van der Waals surface area contributed by atoms with Crippen molar-refractivity contribution in [3.8, 4) is 0 Å². The number of hydrogen-bond acceptors (Lipinski definition) is 4. The van der Waals surface area contributed by atoms with Crippen LogP contribution in [0.5, 0.6) is 0 Å². The topological polar surface area (TPSA) is 80.3 Å². The van der Waals surface area contributed by atoms with Crippen molar-refractivity contribution in [2.75, 3.05) is 0 Å². The second-order valence-corrected chi connectivity index (χ2v) is 0.575. The molecule has 8 heavy (non-hydrogen) atoms. The number of rotatable bonds is 0. The van der Waals surface area contributed by atoms with Crippen molar-refractivity contribution in [3.05, 3.63) is 0 Å². The zero-order valence-corrected chi connectivity index (χ0v) is 8.21. The van der Waals surface area contributed by atoms with Gasteiger partial charge in [-0.1, -0.05) is 0 Å². The van der Waals surface area contributed by atoms with Crippen molar-refractivity contribution in [1.82, 2.24) is 0 Å². The van der Waals surface area contributed by atoms with Gasteiger partial charge in [-0.2, -0.15) is 0 Å². The molecule has 0 rings (SSSR count). The maximum Gasteiger partial charge on any atom is 2.00 e. The molecule has 0 aliphatic heterocycles. The molecule has 0 aliphatic rings. The van der Waals surface area contributed by atoms with E-state index in [1.165, 1.54) is 0 Å². The largest absolute Gasteiger partial charge is 2.00 e. The van der Waals surface area contributed by atoms with E-state index >= 15 is 0 Å². The van der Waals surface area contributed by atoms with Crippen LogP contribution in [0, 0.1) is 0 Å². The summed E-state index contributed by atoms with van der Waals surface area (Å²) >= 11 is 0. The zero-order valence-electron chi connectivity index (χ0n) is 3.99. The van der Waals surface area contributed by atoms with E-state index in [0.717, 1.165) is 0 Å². The van der Waals surface area contributed by atoms with Crippen molar-refractivity contribution in [2.24, 2.45) is 0 Å². The van der Waals surface area contributed by atoms with Gasteiger partial charge < -0.3 is 19.8 Å². The Morgan fingerprint density at radius 1 is 1.00 bits per heavy atom. The number of carboxylic acid groups (broad SMARTS) is 2. The van der Waals surface area contributed by atoms with Crippen molar-refractivity contribution in [3.63, 3.8) is 0 Å². The second kappa shape index (κ2) is 8.10. The number of aliphatic carboxylic acids is 2. The fraction of sp³-hybridized carbons (Fsp3) is 0. The standard InChI is InChI=1S/C2H2O4.Fe.K/c3-1(4)2(5)6;;/h(H,3,4)(H,5,6);;/q;+2;/p-2. The van der Waals surface area contributed by atoms with Crippen LogP contribution in [0.3, 0.4) is 0 Å². The SMILES string of the molecule is O=C([O-])C(=O)[O-].[Fe+2].[K]. The maximum atomic E-state index is 8.93. The molecule has 0 aromatic carbocycles. The van der Waals surface area contributed by atoms with E-state index in [0.29, 0.717) is 0 Å². The van der Waals surface area contributed by atoms with Crippen molar-refractivity contribution in [2.45, 2.75) is 0 Å². The fourth-order valence-corrected chi connectivity index (χ4v) is 0. The van der Waals surface area contributed by atoms with Crippen LogP contribution in [0.4, 0.5) is 0 Å². The van der Waals surface area contributed by atoms with Gasteiger partial charge in [0.15, 0.2) is 0 Å². The van der Waals surface area contributed by atoms with Gasteiger partial charge in [0.2, 0.25) is 0 Å². The van der Waals surface area contributed by atoms with Crippen LogP contribution in [-0.2, 0) is 26.7 Å². The summed E-state index contributed by atoms with van der Waals surface area (Å²) in [5, 5.41) is 17.9. The summed E-state index contributed by atoms with van der Waals surface area (Å²) in [6.07, 6.45) is 0. The molecule has 0 saturated carbocycles. The van der Waals surface area contributed by atoms with E-state index in [1.54, 1.807) is 0 Å². The summed E-state index contributed by atoms with van der Waals surface area (Å²) in [5.74, 6) is -4.37. The van der Waals surface area contributed by atoms with Gasteiger partial charge in [0.25, 0.3) is 0 Å². The smallest absolute Gasteiger partial charge is 0.543 e. The predicted octanol–water partition coefficient (Wildman–Crippen LogP) is -3.90. The van der Waals surface area contributed by atoms with E-state index < -0.39 is 11.9 Å². The average Bonchev–Trinajstić information content (AvgIpc) is 1.36. The first kappa shape index (κ1) is 16.0. The van der Waals surface area contributed by atoms with Gasteiger partial charge in [0.1, 0.15) is 0 Å². The van der Waals surface area contributed by atoms with Gasteiger partial charge in [0.05, 0.1) is 11.9 Å². The number of carbonyl (C=O) groups is 2.